The maximum absolute atomic E-state index is 13.0. The van der Waals surface area contributed by atoms with Crippen LogP contribution in [-0.2, 0) is 6.18 Å². The van der Waals surface area contributed by atoms with E-state index in [1.807, 2.05) is 61.5 Å². The largest absolute Gasteiger partial charge is 0.494 e. The molecule has 0 amide bonds. The molecule has 0 radical (unpaired) electrons. The molecule has 0 N–H and O–H groups in total. The molecule has 1 heterocycles. The van der Waals surface area contributed by atoms with Gasteiger partial charge in [0.25, 0.3) is 0 Å². The van der Waals surface area contributed by atoms with Crippen LogP contribution in [0.5, 0.6) is 5.75 Å². The Morgan fingerprint density at radius 3 is 2.27 bits per heavy atom. The summed E-state index contributed by atoms with van der Waals surface area (Å²) in [4.78, 5) is 4.58. The number of halogens is 3. The number of alkyl halides is 3. The molecule has 4 aromatic rings. The standard InChI is InChI=1S/C25H20F3NO/c1-3-30-21-6-4-5-19(14-21)17-7-9-18(10-8-17)24-13-16(2)22-15-20(25(26,27)28)11-12-23(22)29-24/h4-15H,3H2,1-2H3. The molecule has 0 aliphatic carbocycles. The third-order valence-electron chi connectivity index (χ3n) is 5.00. The summed E-state index contributed by atoms with van der Waals surface area (Å²) in [5.41, 5.74) is 4.38. The maximum Gasteiger partial charge on any atom is 0.416 e. The predicted octanol–water partition coefficient (Wildman–Crippen LogP) is 7.29. The number of rotatable bonds is 4. The second kappa shape index (κ2) is 7.82. The van der Waals surface area contributed by atoms with Gasteiger partial charge in [0.2, 0.25) is 0 Å². The molecule has 30 heavy (non-hydrogen) atoms. The maximum atomic E-state index is 13.0. The zero-order valence-corrected chi connectivity index (χ0v) is 16.6. The normalized spacial score (nSPS) is 11.6. The number of nitrogens with zero attached hydrogens (tertiary/aromatic N) is 1. The van der Waals surface area contributed by atoms with Crippen molar-refractivity contribution in [1.82, 2.24) is 4.98 Å². The smallest absolute Gasteiger partial charge is 0.416 e. The van der Waals surface area contributed by atoms with Crippen LogP contribution in [0.1, 0.15) is 18.1 Å². The van der Waals surface area contributed by atoms with Gasteiger partial charge in [0.05, 0.1) is 23.4 Å². The second-order valence-electron chi connectivity index (χ2n) is 7.09. The topological polar surface area (TPSA) is 22.1 Å². The summed E-state index contributed by atoms with van der Waals surface area (Å²) in [6.07, 6.45) is -4.37. The third-order valence-corrected chi connectivity index (χ3v) is 5.00. The van der Waals surface area contributed by atoms with Crippen LogP contribution in [0.15, 0.2) is 72.8 Å². The van der Waals surface area contributed by atoms with Gasteiger partial charge in [-0.25, -0.2) is 4.98 Å². The Bertz CT molecular complexity index is 1200. The molecule has 0 saturated carbocycles. The lowest BCUT2D eigenvalue weighted by atomic mass is 10.0. The Labute approximate surface area is 173 Å². The number of aromatic nitrogens is 1. The lowest BCUT2D eigenvalue weighted by Crippen LogP contribution is -2.04. The van der Waals surface area contributed by atoms with Gasteiger partial charge in [0.1, 0.15) is 5.75 Å². The highest BCUT2D eigenvalue weighted by Crippen LogP contribution is 2.33. The molecule has 0 fully saturated rings. The number of aryl methyl sites for hydroxylation is 1. The van der Waals surface area contributed by atoms with Crippen LogP contribution in [-0.4, -0.2) is 11.6 Å². The van der Waals surface area contributed by atoms with Crippen molar-refractivity contribution in [1.29, 1.82) is 0 Å². The third kappa shape index (κ3) is 4.01. The Hall–Kier alpha value is -3.34. The Balaban J connectivity index is 1.68. The number of fused-ring (bicyclic) bond motifs is 1. The van der Waals surface area contributed by atoms with E-state index in [2.05, 4.69) is 4.98 Å². The first-order valence-electron chi connectivity index (χ1n) is 9.67. The molecule has 4 rings (SSSR count). The SMILES string of the molecule is CCOc1cccc(-c2ccc(-c3cc(C)c4cc(C(F)(F)F)ccc4n3)cc2)c1. The Morgan fingerprint density at radius 1 is 0.833 bits per heavy atom. The summed E-state index contributed by atoms with van der Waals surface area (Å²) in [5.74, 6) is 0.823. The van der Waals surface area contributed by atoms with Gasteiger partial charge >= 0.3 is 6.18 Å². The first-order chi connectivity index (χ1) is 14.3. The summed E-state index contributed by atoms with van der Waals surface area (Å²) < 4.78 is 44.6. The van der Waals surface area contributed by atoms with Gasteiger partial charge in [-0.3, -0.25) is 0 Å². The fraction of sp³-hybridized carbons (Fsp3) is 0.160. The van der Waals surface area contributed by atoms with Crippen molar-refractivity contribution in [2.75, 3.05) is 6.61 Å². The van der Waals surface area contributed by atoms with Crippen molar-refractivity contribution < 1.29 is 17.9 Å². The first kappa shape index (κ1) is 20.0. The van der Waals surface area contributed by atoms with E-state index in [9.17, 15) is 13.2 Å². The van der Waals surface area contributed by atoms with Gasteiger partial charge in [-0.2, -0.15) is 13.2 Å². The average Bonchev–Trinajstić information content (AvgIpc) is 2.73. The summed E-state index contributed by atoms with van der Waals surface area (Å²) in [7, 11) is 0. The zero-order valence-electron chi connectivity index (χ0n) is 16.6. The molecule has 3 aromatic carbocycles. The van der Waals surface area contributed by atoms with Crippen molar-refractivity contribution >= 4 is 10.9 Å². The molecule has 0 aliphatic heterocycles. The first-order valence-corrected chi connectivity index (χ1v) is 9.67. The number of benzene rings is 3. The highest BCUT2D eigenvalue weighted by atomic mass is 19.4. The number of hydrogen-bond donors (Lipinski definition) is 0. The van der Waals surface area contributed by atoms with Gasteiger partial charge in [0, 0.05) is 10.9 Å². The van der Waals surface area contributed by atoms with E-state index < -0.39 is 11.7 Å². The minimum atomic E-state index is -4.37. The highest BCUT2D eigenvalue weighted by molar-refractivity contribution is 5.86. The van der Waals surface area contributed by atoms with Gasteiger partial charge in [-0.05, 0) is 66.9 Å². The van der Waals surface area contributed by atoms with Crippen LogP contribution in [0.3, 0.4) is 0 Å². The molecule has 0 saturated heterocycles. The van der Waals surface area contributed by atoms with E-state index in [-0.39, 0.29) is 0 Å². The fourth-order valence-electron chi connectivity index (χ4n) is 3.48. The number of hydrogen-bond acceptors (Lipinski definition) is 2. The lowest BCUT2D eigenvalue weighted by Gasteiger charge is -2.11. The van der Waals surface area contributed by atoms with Crippen LogP contribution >= 0.6 is 0 Å². The zero-order chi connectivity index (χ0) is 21.3. The van der Waals surface area contributed by atoms with Crippen LogP contribution in [0, 0.1) is 6.92 Å². The minimum absolute atomic E-state index is 0.512. The van der Waals surface area contributed by atoms with E-state index in [1.54, 1.807) is 6.92 Å². The van der Waals surface area contributed by atoms with Crippen molar-refractivity contribution in [3.05, 3.63) is 83.9 Å². The molecule has 0 unspecified atom stereocenters. The molecule has 1 aromatic heterocycles. The molecule has 0 spiro atoms. The van der Waals surface area contributed by atoms with E-state index in [1.165, 1.54) is 6.07 Å². The number of ether oxygens (including phenoxy) is 1. The van der Waals surface area contributed by atoms with Crippen molar-refractivity contribution in [2.45, 2.75) is 20.0 Å². The second-order valence-corrected chi connectivity index (χ2v) is 7.09. The van der Waals surface area contributed by atoms with Crippen LogP contribution < -0.4 is 4.74 Å². The Kier molecular flexibility index (Phi) is 5.20. The summed E-state index contributed by atoms with van der Waals surface area (Å²) in [5, 5.41) is 0.512. The predicted molar refractivity (Wildman–Crippen MR) is 114 cm³/mol. The van der Waals surface area contributed by atoms with Crippen LogP contribution in [0.2, 0.25) is 0 Å². The molecule has 5 heteroatoms. The quantitative estimate of drug-likeness (QED) is 0.354. The van der Waals surface area contributed by atoms with Gasteiger partial charge in [0.15, 0.2) is 0 Å². The molecule has 0 atom stereocenters. The summed E-state index contributed by atoms with van der Waals surface area (Å²) in [6.45, 7) is 4.37. The molecular formula is C25H20F3NO. The van der Waals surface area contributed by atoms with E-state index >= 15 is 0 Å². The van der Waals surface area contributed by atoms with Crippen molar-refractivity contribution in [3.8, 4) is 28.1 Å². The average molecular weight is 407 g/mol. The van der Waals surface area contributed by atoms with Gasteiger partial charge < -0.3 is 4.74 Å². The number of pyridine rings is 1. The van der Waals surface area contributed by atoms with Gasteiger partial charge in [-0.1, -0.05) is 36.4 Å². The monoisotopic (exact) mass is 407 g/mol. The molecule has 152 valence electrons. The minimum Gasteiger partial charge on any atom is -0.494 e. The lowest BCUT2D eigenvalue weighted by molar-refractivity contribution is -0.137. The van der Waals surface area contributed by atoms with Crippen molar-refractivity contribution in [2.24, 2.45) is 0 Å². The summed E-state index contributed by atoms with van der Waals surface area (Å²) >= 11 is 0. The highest BCUT2D eigenvalue weighted by Gasteiger charge is 2.30. The van der Waals surface area contributed by atoms with E-state index in [4.69, 9.17) is 4.74 Å². The van der Waals surface area contributed by atoms with Gasteiger partial charge in [-0.15, -0.1) is 0 Å². The summed E-state index contributed by atoms with van der Waals surface area (Å²) in [6, 6.07) is 21.4. The molecular weight excluding hydrogens is 387 g/mol. The molecule has 0 aliphatic rings. The Morgan fingerprint density at radius 2 is 1.57 bits per heavy atom. The molecule has 0 bridgehead atoms. The van der Waals surface area contributed by atoms with E-state index in [0.29, 0.717) is 17.5 Å². The van der Waals surface area contributed by atoms with E-state index in [0.717, 1.165) is 45.8 Å². The van der Waals surface area contributed by atoms with Crippen LogP contribution in [0.4, 0.5) is 13.2 Å². The van der Waals surface area contributed by atoms with Crippen molar-refractivity contribution in [3.63, 3.8) is 0 Å². The van der Waals surface area contributed by atoms with Crippen LogP contribution in [0.25, 0.3) is 33.3 Å². The molecule has 2 nitrogen and oxygen atoms in total. The fourth-order valence-corrected chi connectivity index (χ4v) is 3.48.